The highest BCUT2D eigenvalue weighted by Crippen LogP contribution is 2.29. The third-order valence-electron chi connectivity index (χ3n) is 4.23. The van der Waals surface area contributed by atoms with Crippen molar-refractivity contribution in [2.24, 2.45) is 11.8 Å². The lowest BCUT2D eigenvalue weighted by atomic mass is 9.81. The van der Waals surface area contributed by atoms with Crippen LogP contribution in [0.25, 0.3) is 0 Å². The third-order valence-corrected chi connectivity index (χ3v) is 4.23. The Hall–Kier alpha value is -1.26. The second-order valence-electron chi connectivity index (χ2n) is 5.87. The van der Waals surface area contributed by atoms with Gasteiger partial charge in [-0.05, 0) is 25.2 Å². The molecule has 0 aliphatic heterocycles. The number of hydrogen-bond donors (Lipinski definition) is 2. The molecule has 0 aromatic rings. The summed E-state index contributed by atoms with van der Waals surface area (Å²) in [6.07, 6.45) is 6.19. The number of nitrogens with zero attached hydrogens (tertiary/aromatic N) is 1. The van der Waals surface area contributed by atoms with Crippen molar-refractivity contribution in [2.45, 2.75) is 52.4 Å². The predicted octanol–water partition coefficient (Wildman–Crippen LogP) is 2.71. The van der Waals surface area contributed by atoms with Gasteiger partial charge < -0.3 is 15.3 Å². The first kappa shape index (κ1) is 16.8. The Morgan fingerprint density at radius 1 is 1.25 bits per heavy atom. The van der Waals surface area contributed by atoms with E-state index in [0.29, 0.717) is 13.1 Å². The van der Waals surface area contributed by atoms with Crippen molar-refractivity contribution in [1.29, 1.82) is 0 Å². The molecular weight excluding hydrogens is 256 g/mol. The van der Waals surface area contributed by atoms with Crippen LogP contribution in [0.1, 0.15) is 52.4 Å². The normalized spacial score (nSPS) is 22.3. The first-order chi connectivity index (χ1) is 9.52. The molecule has 1 fully saturated rings. The fourth-order valence-corrected chi connectivity index (χ4v) is 2.75. The van der Waals surface area contributed by atoms with Gasteiger partial charge in [0.15, 0.2) is 0 Å². The first-order valence-corrected chi connectivity index (χ1v) is 7.77. The van der Waals surface area contributed by atoms with Gasteiger partial charge in [0.2, 0.25) is 0 Å². The molecule has 0 saturated heterocycles. The summed E-state index contributed by atoms with van der Waals surface area (Å²) < 4.78 is 0. The number of amides is 2. The monoisotopic (exact) mass is 284 g/mol. The zero-order chi connectivity index (χ0) is 15.0. The van der Waals surface area contributed by atoms with Crippen LogP contribution in [0.3, 0.4) is 0 Å². The molecule has 1 aliphatic carbocycles. The van der Waals surface area contributed by atoms with E-state index in [-0.39, 0.29) is 19.0 Å². The SMILES string of the molecule is CCN(CCC(=O)O)C(=O)NCCC1CCC(C)CC1. The van der Waals surface area contributed by atoms with E-state index >= 15 is 0 Å². The van der Waals surface area contributed by atoms with Crippen LogP contribution in [0.5, 0.6) is 0 Å². The Morgan fingerprint density at radius 2 is 1.90 bits per heavy atom. The van der Waals surface area contributed by atoms with E-state index in [9.17, 15) is 9.59 Å². The minimum absolute atomic E-state index is 0.00176. The lowest BCUT2D eigenvalue weighted by Crippen LogP contribution is -2.41. The molecule has 1 saturated carbocycles. The van der Waals surface area contributed by atoms with Crippen LogP contribution in [0, 0.1) is 11.8 Å². The molecule has 0 aromatic carbocycles. The lowest BCUT2D eigenvalue weighted by Gasteiger charge is -2.26. The average Bonchev–Trinajstić information content (AvgIpc) is 2.41. The molecular formula is C15H28N2O3. The summed E-state index contributed by atoms with van der Waals surface area (Å²) in [5.74, 6) is 0.723. The second kappa shape index (κ2) is 8.82. The van der Waals surface area contributed by atoms with E-state index in [1.165, 1.54) is 25.7 Å². The van der Waals surface area contributed by atoms with Gasteiger partial charge in [-0.3, -0.25) is 4.79 Å². The summed E-state index contributed by atoms with van der Waals surface area (Å²) in [6.45, 7) is 5.68. The molecule has 5 nitrogen and oxygen atoms in total. The fraction of sp³-hybridized carbons (Fsp3) is 0.867. The van der Waals surface area contributed by atoms with Crippen molar-refractivity contribution >= 4 is 12.0 Å². The number of nitrogens with one attached hydrogen (secondary N) is 1. The summed E-state index contributed by atoms with van der Waals surface area (Å²) in [5, 5.41) is 11.6. The van der Waals surface area contributed by atoms with Crippen LogP contribution in [0.4, 0.5) is 4.79 Å². The number of carboxylic acid groups (broad SMARTS) is 1. The van der Waals surface area contributed by atoms with Crippen LogP contribution in [-0.4, -0.2) is 41.6 Å². The molecule has 20 heavy (non-hydrogen) atoms. The molecule has 0 atom stereocenters. The quantitative estimate of drug-likeness (QED) is 0.755. The number of rotatable bonds is 7. The molecule has 2 N–H and O–H groups in total. The van der Waals surface area contributed by atoms with Crippen LogP contribution in [0.15, 0.2) is 0 Å². The van der Waals surface area contributed by atoms with Gasteiger partial charge in [0.1, 0.15) is 0 Å². The van der Waals surface area contributed by atoms with E-state index in [0.717, 1.165) is 18.3 Å². The van der Waals surface area contributed by atoms with Crippen molar-refractivity contribution in [3.8, 4) is 0 Å². The van der Waals surface area contributed by atoms with E-state index in [1.54, 1.807) is 4.90 Å². The number of aliphatic carboxylic acids is 1. The molecule has 116 valence electrons. The Balaban J connectivity index is 2.19. The molecule has 2 amide bonds. The largest absolute Gasteiger partial charge is 0.481 e. The summed E-state index contributed by atoms with van der Waals surface area (Å²) >= 11 is 0. The van der Waals surface area contributed by atoms with Gasteiger partial charge in [0, 0.05) is 19.6 Å². The molecule has 0 aromatic heterocycles. The maximum atomic E-state index is 11.9. The van der Waals surface area contributed by atoms with Gasteiger partial charge >= 0.3 is 12.0 Å². The second-order valence-corrected chi connectivity index (χ2v) is 5.87. The molecule has 5 heteroatoms. The zero-order valence-corrected chi connectivity index (χ0v) is 12.7. The van der Waals surface area contributed by atoms with E-state index < -0.39 is 5.97 Å². The third kappa shape index (κ3) is 6.26. The van der Waals surface area contributed by atoms with E-state index in [4.69, 9.17) is 5.11 Å². The molecule has 1 aliphatic rings. The maximum absolute atomic E-state index is 11.9. The predicted molar refractivity (Wildman–Crippen MR) is 78.6 cm³/mol. The van der Waals surface area contributed by atoms with Crippen molar-refractivity contribution < 1.29 is 14.7 Å². The summed E-state index contributed by atoms with van der Waals surface area (Å²) in [6, 6.07) is -0.141. The zero-order valence-electron chi connectivity index (χ0n) is 12.7. The van der Waals surface area contributed by atoms with Gasteiger partial charge in [-0.15, -0.1) is 0 Å². The Labute approximate surface area is 121 Å². The summed E-state index contributed by atoms with van der Waals surface area (Å²) in [5.41, 5.74) is 0. The number of carbonyl (C=O) groups is 2. The standard InChI is InChI=1S/C15H28N2O3/c1-3-17(11-9-14(18)19)15(20)16-10-8-13-6-4-12(2)5-7-13/h12-13H,3-11H2,1-2H3,(H,16,20)(H,18,19). The van der Waals surface area contributed by atoms with Crippen LogP contribution < -0.4 is 5.32 Å². The topological polar surface area (TPSA) is 69.6 Å². The fourth-order valence-electron chi connectivity index (χ4n) is 2.75. The van der Waals surface area contributed by atoms with Gasteiger partial charge in [-0.2, -0.15) is 0 Å². The average molecular weight is 284 g/mol. The number of carboxylic acids is 1. The lowest BCUT2D eigenvalue weighted by molar-refractivity contribution is -0.137. The van der Waals surface area contributed by atoms with Crippen molar-refractivity contribution in [3.05, 3.63) is 0 Å². The minimum atomic E-state index is -0.868. The van der Waals surface area contributed by atoms with Gasteiger partial charge in [-0.1, -0.05) is 32.6 Å². The van der Waals surface area contributed by atoms with Gasteiger partial charge in [0.25, 0.3) is 0 Å². The van der Waals surface area contributed by atoms with Crippen LogP contribution in [-0.2, 0) is 4.79 Å². The Kier molecular flexibility index (Phi) is 7.41. The Morgan fingerprint density at radius 3 is 2.45 bits per heavy atom. The van der Waals surface area contributed by atoms with Crippen LogP contribution >= 0.6 is 0 Å². The molecule has 1 rings (SSSR count). The highest BCUT2D eigenvalue weighted by molar-refractivity contribution is 5.75. The first-order valence-electron chi connectivity index (χ1n) is 7.77. The van der Waals surface area contributed by atoms with Gasteiger partial charge in [0.05, 0.1) is 6.42 Å². The number of hydrogen-bond acceptors (Lipinski definition) is 2. The highest BCUT2D eigenvalue weighted by Gasteiger charge is 2.18. The molecule has 0 unspecified atom stereocenters. The van der Waals surface area contributed by atoms with Crippen molar-refractivity contribution in [2.75, 3.05) is 19.6 Å². The number of urea groups is 1. The molecule has 0 bridgehead atoms. The highest BCUT2D eigenvalue weighted by atomic mass is 16.4. The summed E-state index contributed by atoms with van der Waals surface area (Å²) in [4.78, 5) is 24.0. The van der Waals surface area contributed by atoms with Crippen molar-refractivity contribution in [3.63, 3.8) is 0 Å². The molecule has 0 radical (unpaired) electrons. The smallest absolute Gasteiger partial charge is 0.317 e. The summed E-state index contributed by atoms with van der Waals surface area (Å²) in [7, 11) is 0. The molecule has 0 heterocycles. The number of carbonyl (C=O) groups excluding carboxylic acids is 1. The minimum Gasteiger partial charge on any atom is -0.481 e. The Bertz CT molecular complexity index is 312. The van der Waals surface area contributed by atoms with Crippen LogP contribution in [0.2, 0.25) is 0 Å². The molecule has 0 spiro atoms. The maximum Gasteiger partial charge on any atom is 0.317 e. The van der Waals surface area contributed by atoms with E-state index in [1.807, 2.05) is 6.92 Å². The van der Waals surface area contributed by atoms with Crippen molar-refractivity contribution in [1.82, 2.24) is 10.2 Å². The van der Waals surface area contributed by atoms with Gasteiger partial charge in [-0.25, -0.2) is 4.79 Å². The van der Waals surface area contributed by atoms with E-state index in [2.05, 4.69) is 12.2 Å².